The molecule has 424 valence electrons. The summed E-state index contributed by atoms with van der Waals surface area (Å²) in [5.74, 6) is -1.01. The number of hydrogen-bond acceptors (Lipinski definition) is 6. The van der Waals surface area contributed by atoms with Gasteiger partial charge in [-0.15, -0.1) is 0 Å². The van der Waals surface area contributed by atoms with Gasteiger partial charge in [0.1, 0.15) is 13.2 Å². The van der Waals surface area contributed by atoms with E-state index in [-0.39, 0.29) is 31.6 Å². The number of carbonyl (C=O) groups excluding carboxylic acids is 3. The van der Waals surface area contributed by atoms with Crippen molar-refractivity contribution in [3.63, 3.8) is 0 Å². The first-order valence-electron chi connectivity index (χ1n) is 31.8. The van der Waals surface area contributed by atoms with E-state index in [2.05, 4.69) is 69.4 Å². The Bertz CT molecular complexity index is 1310. The first-order chi connectivity index (χ1) is 36.0. The highest BCUT2D eigenvalue weighted by Crippen LogP contribution is 2.18. The molecule has 0 rings (SSSR count). The summed E-state index contributed by atoms with van der Waals surface area (Å²) in [4.78, 5) is 38.2. The molecular formula is C67H120O6. The minimum Gasteiger partial charge on any atom is -0.462 e. The van der Waals surface area contributed by atoms with Crippen molar-refractivity contribution in [3.05, 3.63) is 60.8 Å². The number of ether oxygens (including phenoxy) is 3. The lowest BCUT2D eigenvalue weighted by molar-refractivity contribution is -0.166. The van der Waals surface area contributed by atoms with Gasteiger partial charge in [0.25, 0.3) is 0 Å². The summed E-state index contributed by atoms with van der Waals surface area (Å²) in [5.41, 5.74) is 0. The zero-order chi connectivity index (χ0) is 52.9. The minimum absolute atomic E-state index is 0.0992. The molecule has 0 aromatic heterocycles. The summed E-state index contributed by atoms with van der Waals surface area (Å²) in [5, 5.41) is 0. The SMILES string of the molecule is CC/C=C\C/C=C\C/C=C\C/C=C\C/C=C\CC(=O)OCC(COC(=O)CCCCCCCCCCCCCCCCCCCCCC)OC(=O)CCCCCCCCCCCCCCCCCCCCCC. The molecule has 0 radical (unpaired) electrons. The molecule has 0 spiro atoms. The van der Waals surface area contributed by atoms with Gasteiger partial charge in [-0.25, -0.2) is 0 Å². The molecule has 0 aliphatic rings. The molecule has 0 aromatic rings. The van der Waals surface area contributed by atoms with Crippen LogP contribution in [0.4, 0.5) is 0 Å². The maximum Gasteiger partial charge on any atom is 0.309 e. The summed E-state index contributed by atoms with van der Waals surface area (Å²) in [7, 11) is 0. The molecule has 1 unspecified atom stereocenters. The second kappa shape index (κ2) is 61.7. The van der Waals surface area contributed by atoms with E-state index in [1.807, 2.05) is 12.2 Å². The second-order valence-corrected chi connectivity index (χ2v) is 21.3. The third kappa shape index (κ3) is 59.9. The van der Waals surface area contributed by atoms with Crippen molar-refractivity contribution in [1.29, 1.82) is 0 Å². The summed E-state index contributed by atoms with van der Waals surface area (Å²) in [6.07, 6.45) is 78.3. The van der Waals surface area contributed by atoms with Crippen LogP contribution in [0.15, 0.2) is 60.8 Å². The van der Waals surface area contributed by atoms with E-state index in [0.29, 0.717) is 12.8 Å². The summed E-state index contributed by atoms with van der Waals surface area (Å²) in [6.45, 7) is 6.50. The van der Waals surface area contributed by atoms with Gasteiger partial charge in [-0.1, -0.05) is 326 Å². The molecular weight excluding hydrogens is 901 g/mol. The largest absolute Gasteiger partial charge is 0.462 e. The van der Waals surface area contributed by atoms with Crippen molar-refractivity contribution in [2.24, 2.45) is 0 Å². The fourth-order valence-corrected chi connectivity index (χ4v) is 9.34. The molecule has 6 nitrogen and oxygen atoms in total. The molecule has 0 saturated heterocycles. The Kier molecular flexibility index (Phi) is 59.2. The molecule has 0 fully saturated rings. The Morgan fingerprint density at radius 2 is 0.534 bits per heavy atom. The van der Waals surface area contributed by atoms with Crippen molar-refractivity contribution in [2.75, 3.05) is 13.2 Å². The van der Waals surface area contributed by atoms with Crippen LogP contribution in [-0.4, -0.2) is 37.2 Å². The van der Waals surface area contributed by atoms with Crippen LogP contribution in [0.3, 0.4) is 0 Å². The van der Waals surface area contributed by atoms with Gasteiger partial charge in [0.2, 0.25) is 0 Å². The third-order valence-corrected chi connectivity index (χ3v) is 14.1. The maximum absolute atomic E-state index is 12.9. The molecule has 6 heteroatoms. The second-order valence-electron chi connectivity index (χ2n) is 21.3. The maximum atomic E-state index is 12.9. The molecule has 0 saturated carbocycles. The van der Waals surface area contributed by atoms with Gasteiger partial charge in [0, 0.05) is 12.8 Å². The normalized spacial score (nSPS) is 12.4. The van der Waals surface area contributed by atoms with E-state index in [1.165, 1.54) is 218 Å². The van der Waals surface area contributed by atoms with Crippen LogP contribution in [0.5, 0.6) is 0 Å². The molecule has 0 aliphatic carbocycles. The highest BCUT2D eigenvalue weighted by molar-refractivity contribution is 5.72. The van der Waals surface area contributed by atoms with Gasteiger partial charge < -0.3 is 14.2 Å². The van der Waals surface area contributed by atoms with Gasteiger partial charge in [0.15, 0.2) is 6.10 Å². The summed E-state index contributed by atoms with van der Waals surface area (Å²) in [6, 6.07) is 0. The van der Waals surface area contributed by atoms with Crippen LogP contribution >= 0.6 is 0 Å². The Hall–Kier alpha value is -2.89. The van der Waals surface area contributed by atoms with E-state index in [1.54, 1.807) is 0 Å². The Labute approximate surface area is 453 Å². The standard InChI is InChI=1S/C67H120O6/c1-4-7-10-13-16-19-22-25-28-30-32-34-36-39-42-45-48-51-54-57-60-66(69)72-63-64(62-71-65(68)59-56-53-50-47-44-41-38-27-24-21-18-15-12-9-6-3)73-67(70)61-58-55-52-49-46-43-40-37-35-33-31-29-26-23-20-17-14-11-8-5-2/h9,12,18,21,27,38,44,47,53,56,64H,4-8,10-11,13-17,19-20,22-26,28-37,39-43,45-46,48-52,54-55,57-63H2,1-3H3/b12-9-,21-18-,38-27-,47-44-,56-53-. The number of esters is 3. The molecule has 0 bridgehead atoms. The number of rotatable bonds is 58. The first-order valence-corrected chi connectivity index (χ1v) is 31.8. The fourth-order valence-electron chi connectivity index (χ4n) is 9.34. The number of carbonyl (C=O) groups is 3. The first kappa shape index (κ1) is 70.1. The van der Waals surface area contributed by atoms with Crippen molar-refractivity contribution >= 4 is 17.9 Å². The quantitative estimate of drug-likeness (QED) is 0.0261. The lowest BCUT2D eigenvalue weighted by atomic mass is 10.0. The van der Waals surface area contributed by atoms with Crippen LogP contribution < -0.4 is 0 Å². The molecule has 1 atom stereocenters. The highest BCUT2D eigenvalue weighted by Gasteiger charge is 2.19. The van der Waals surface area contributed by atoms with Gasteiger partial charge in [-0.3, -0.25) is 14.4 Å². The molecule has 73 heavy (non-hydrogen) atoms. The van der Waals surface area contributed by atoms with E-state index >= 15 is 0 Å². The zero-order valence-electron chi connectivity index (χ0n) is 48.7. The molecule has 0 N–H and O–H groups in total. The predicted octanol–water partition coefficient (Wildman–Crippen LogP) is 21.6. The molecule has 0 amide bonds. The van der Waals surface area contributed by atoms with Gasteiger partial charge >= 0.3 is 17.9 Å². The third-order valence-electron chi connectivity index (χ3n) is 14.1. The Morgan fingerprint density at radius 1 is 0.288 bits per heavy atom. The monoisotopic (exact) mass is 1020 g/mol. The van der Waals surface area contributed by atoms with E-state index in [4.69, 9.17) is 14.2 Å². The van der Waals surface area contributed by atoms with E-state index < -0.39 is 12.1 Å². The minimum atomic E-state index is -0.811. The van der Waals surface area contributed by atoms with Crippen LogP contribution in [0.25, 0.3) is 0 Å². The van der Waals surface area contributed by atoms with Crippen molar-refractivity contribution < 1.29 is 28.6 Å². The highest BCUT2D eigenvalue weighted by atomic mass is 16.6. The van der Waals surface area contributed by atoms with Crippen LogP contribution in [0.2, 0.25) is 0 Å². The number of unbranched alkanes of at least 4 members (excludes halogenated alkanes) is 38. The lowest BCUT2D eigenvalue weighted by Gasteiger charge is -2.18. The summed E-state index contributed by atoms with van der Waals surface area (Å²) < 4.78 is 16.8. The predicted molar refractivity (Wildman–Crippen MR) is 316 cm³/mol. The average Bonchev–Trinajstić information content (AvgIpc) is 3.39. The smallest absolute Gasteiger partial charge is 0.309 e. The Balaban J connectivity index is 4.38. The number of hydrogen-bond donors (Lipinski definition) is 0. The molecule has 0 aliphatic heterocycles. The average molecular weight is 1020 g/mol. The fraction of sp³-hybridized carbons (Fsp3) is 0.806. The molecule has 0 heterocycles. The van der Waals surface area contributed by atoms with Crippen LogP contribution in [0, 0.1) is 0 Å². The number of allylic oxidation sites excluding steroid dienone is 9. The van der Waals surface area contributed by atoms with Crippen molar-refractivity contribution in [2.45, 2.75) is 335 Å². The summed E-state index contributed by atoms with van der Waals surface area (Å²) >= 11 is 0. The zero-order valence-corrected chi connectivity index (χ0v) is 48.7. The lowest BCUT2D eigenvalue weighted by Crippen LogP contribution is -2.30. The molecule has 0 aromatic carbocycles. The van der Waals surface area contributed by atoms with Gasteiger partial charge in [-0.2, -0.15) is 0 Å². The van der Waals surface area contributed by atoms with Gasteiger partial charge in [0.05, 0.1) is 6.42 Å². The van der Waals surface area contributed by atoms with Crippen LogP contribution in [0.1, 0.15) is 329 Å². The van der Waals surface area contributed by atoms with Crippen LogP contribution in [-0.2, 0) is 28.6 Å². The van der Waals surface area contributed by atoms with E-state index in [9.17, 15) is 14.4 Å². The van der Waals surface area contributed by atoms with E-state index in [0.717, 1.165) is 70.6 Å². The topological polar surface area (TPSA) is 78.9 Å². The Morgan fingerprint density at radius 3 is 0.836 bits per heavy atom. The van der Waals surface area contributed by atoms with Gasteiger partial charge in [-0.05, 0) is 44.9 Å². The van der Waals surface area contributed by atoms with Crippen molar-refractivity contribution in [1.82, 2.24) is 0 Å². The van der Waals surface area contributed by atoms with Crippen molar-refractivity contribution in [3.8, 4) is 0 Å².